The first-order valence-corrected chi connectivity index (χ1v) is 9.63. The minimum atomic E-state index is -0.380. The summed E-state index contributed by atoms with van der Waals surface area (Å²) >= 11 is 0. The van der Waals surface area contributed by atoms with Crippen molar-refractivity contribution >= 4 is 16.9 Å². The Bertz CT molecular complexity index is 1060. The van der Waals surface area contributed by atoms with Gasteiger partial charge in [0.15, 0.2) is 0 Å². The molecule has 1 fully saturated rings. The van der Waals surface area contributed by atoms with Crippen molar-refractivity contribution in [2.24, 2.45) is 0 Å². The number of carbonyl (C=O) groups excluding carboxylic acids is 1. The van der Waals surface area contributed by atoms with Gasteiger partial charge in [0.25, 0.3) is 0 Å². The van der Waals surface area contributed by atoms with E-state index in [0.717, 1.165) is 36.0 Å². The van der Waals surface area contributed by atoms with Crippen LogP contribution in [0.25, 0.3) is 11.0 Å². The maximum absolute atomic E-state index is 12.1. The number of benzene rings is 2. The van der Waals surface area contributed by atoms with Gasteiger partial charge in [0.2, 0.25) is 0 Å². The summed E-state index contributed by atoms with van der Waals surface area (Å²) in [6, 6.07) is 14.0. The van der Waals surface area contributed by atoms with Crippen LogP contribution < -0.4 is 10.4 Å². The molecule has 1 saturated heterocycles. The maximum atomic E-state index is 12.1. The predicted molar refractivity (Wildman–Crippen MR) is 107 cm³/mol. The molecule has 1 aliphatic rings. The van der Waals surface area contributed by atoms with E-state index in [4.69, 9.17) is 18.6 Å². The van der Waals surface area contributed by atoms with Gasteiger partial charge in [-0.25, -0.2) is 9.59 Å². The molecule has 3 aromatic rings. The third-order valence-electron chi connectivity index (χ3n) is 4.94. The number of rotatable bonds is 6. The molecule has 0 bridgehead atoms. The van der Waals surface area contributed by atoms with Gasteiger partial charge in [0.1, 0.15) is 24.5 Å². The standard InChI is InChI=1S/C23H22O6/c1-15-11-22(24)29-21-12-18(8-9-20(15)21)27-13-16-4-6-17(7-5-16)23(25)28-14-19-3-2-10-26-19/h4-9,11-12,19H,2-3,10,13-14H2,1H3. The van der Waals surface area contributed by atoms with Crippen LogP contribution in [0.1, 0.15) is 34.3 Å². The lowest BCUT2D eigenvalue weighted by Crippen LogP contribution is -2.17. The number of fused-ring (bicyclic) bond motifs is 1. The first-order valence-electron chi connectivity index (χ1n) is 9.63. The van der Waals surface area contributed by atoms with Crippen molar-refractivity contribution in [3.8, 4) is 5.75 Å². The number of carbonyl (C=O) groups is 1. The fourth-order valence-electron chi connectivity index (χ4n) is 3.33. The third-order valence-corrected chi connectivity index (χ3v) is 4.94. The minimum Gasteiger partial charge on any atom is -0.489 e. The molecular formula is C23H22O6. The molecule has 0 spiro atoms. The van der Waals surface area contributed by atoms with Crippen molar-refractivity contribution in [1.82, 2.24) is 0 Å². The van der Waals surface area contributed by atoms with Crippen molar-refractivity contribution in [1.29, 1.82) is 0 Å². The quantitative estimate of drug-likeness (QED) is 0.464. The Labute approximate surface area is 168 Å². The Hall–Kier alpha value is -3.12. The summed E-state index contributed by atoms with van der Waals surface area (Å²) in [6.07, 6.45) is 1.96. The Morgan fingerprint density at radius 2 is 1.97 bits per heavy atom. The number of esters is 1. The van der Waals surface area contributed by atoms with Crippen molar-refractivity contribution < 1.29 is 23.4 Å². The molecule has 2 aromatic carbocycles. The monoisotopic (exact) mass is 394 g/mol. The van der Waals surface area contributed by atoms with Crippen LogP contribution in [-0.4, -0.2) is 25.3 Å². The second-order valence-electron chi connectivity index (χ2n) is 7.13. The van der Waals surface area contributed by atoms with E-state index in [2.05, 4.69) is 0 Å². The smallest absolute Gasteiger partial charge is 0.338 e. The van der Waals surface area contributed by atoms with E-state index in [1.807, 2.05) is 31.2 Å². The van der Waals surface area contributed by atoms with Crippen molar-refractivity contribution in [2.75, 3.05) is 13.2 Å². The first kappa shape index (κ1) is 19.2. The lowest BCUT2D eigenvalue weighted by molar-refractivity contribution is 0.0161. The zero-order valence-corrected chi connectivity index (χ0v) is 16.2. The Morgan fingerprint density at radius 3 is 2.72 bits per heavy atom. The van der Waals surface area contributed by atoms with E-state index < -0.39 is 0 Å². The zero-order chi connectivity index (χ0) is 20.2. The summed E-state index contributed by atoms with van der Waals surface area (Å²) in [5, 5.41) is 0.878. The predicted octanol–water partition coefficient (Wildman–Crippen LogP) is 4.02. The number of hydrogen-bond acceptors (Lipinski definition) is 6. The van der Waals surface area contributed by atoms with Crippen LogP contribution in [0.3, 0.4) is 0 Å². The van der Waals surface area contributed by atoms with Gasteiger partial charge in [-0.05, 0) is 55.2 Å². The van der Waals surface area contributed by atoms with Crippen molar-refractivity contribution in [3.63, 3.8) is 0 Å². The third kappa shape index (κ3) is 4.66. The lowest BCUT2D eigenvalue weighted by Gasteiger charge is -2.11. The molecule has 1 aliphatic heterocycles. The molecule has 2 heterocycles. The first-order chi connectivity index (χ1) is 14.1. The average Bonchev–Trinajstić information content (AvgIpc) is 3.24. The number of ether oxygens (including phenoxy) is 3. The van der Waals surface area contributed by atoms with E-state index in [0.29, 0.717) is 30.1 Å². The molecule has 0 aliphatic carbocycles. The summed E-state index contributed by atoms with van der Waals surface area (Å²) in [6.45, 7) is 3.22. The summed E-state index contributed by atoms with van der Waals surface area (Å²) in [5.74, 6) is 0.249. The molecule has 0 amide bonds. The summed E-state index contributed by atoms with van der Waals surface area (Å²) in [4.78, 5) is 23.7. The number of hydrogen-bond donors (Lipinski definition) is 0. The molecule has 0 radical (unpaired) electrons. The largest absolute Gasteiger partial charge is 0.489 e. The average molecular weight is 394 g/mol. The number of aryl methyl sites for hydroxylation is 1. The lowest BCUT2D eigenvalue weighted by atomic mass is 10.1. The van der Waals surface area contributed by atoms with Gasteiger partial charge in [-0.1, -0.05) is 12.1 Å². The van der Waals surface area contributed by atoms with Gasteiger partial charge in [-0.15, -0.1) is 0 Å². The van der Waals surface area contributed by atoms with E-state index >= 15 is 0 Å². The topological polar surface area (TPSA) is 75.0 Å². The molecular weight excluding hydrogens is 372 g/mol. The highest BCUT2D eigenvalue weighted by molar-refractivity contribution is 5.89. The molecule has 0 N–H and O–H groups in total. The van der Waals surface area contributed by atoms with Crippen LogP contribution in [0.4, 0.5) is 0 Å². The summed E-state index contributed by atoms with van der Waals surface area (Å²) < 4.78 is 21.8. The maximum Gasteiger partial charge on any atom is 0.338 e. The highest BCUT2D eigenvalue weighted by atomic mass is 16.6. The van der Waals surface area contributed by atoms with Crippen LogP contribution in [0.2, 0.25) is 0 Å². The van der Waals surface area contributed by atoms with Crippen LogP contribution in [0.15, 0.2) is 57.7 Å². The van der Waals surface area contributed by atoms with Crippen LogP contribution in [0.5, 0.6) is 5.75 Å². The molecule has 1 aromatic heterocycles. The fourth-order valence-corrected chi connectivity index (χ4v) is 3.33. The van der Waals surface area contributed by atoms with E-state index in [-0.39, 0.29) is 17.7 Å². The van der Waals surface area contributed by atoms with E-state index in [9.17, 15) is 9.59 Å². The van der Waals surface area contributed by atoms with Crippen LogP contribution in [0, 0.1) is 6.92 Å². The van der Waals surface area contributed by atoms with Crippen molar-refractivity contribution in [3.05, 3.63) is 75.6 Å². The second kappa shape index (κ2) is 8.49. The van der Waals surface area contributed by atoms with Crippen LogP contribution >= 0.6 is 0 Å². The Balaban J connectivity index is 1.35. The molecule has 0 saturated carbocycles. The molecule has 6 nitrogen and oxygen atoms in total. The Kier molecular flexibility index (Phi) is 5.62. The molecule has 4 rings (SSSR count). The van der Waals surface area contributed by atoms with E-state index in [1.54, 1.807) is 18.2 Å². The summed E-state index contributed by atoms with van der Waals surface area (Å²) in [5.41, 5.74) is 2.39. The minimum absolute atomic E-state index is 0.0155. The van der Waals surface area contributed by atoms with Gasteiger partial charge >= 0.3 is 11.6 Å². The fraction of sp³-hybridized carbons (Fsp3) is 0.304. The second-order valence-corrected chi connectivity index (χ2v) is 7.13. The zero-order valence-electron chi connectivity index (χ0n) is 16.2. The van der Waals surface area contributed by atoms with Gasteiger partial charge in [-0.3, -0.25) is 0 Å². The molecule has 150 valence electrons. The van der Waals surface area contributed by atoms with Crippen LogP contribution in [-0.2, 0) is 16.1 Å². The highest BCUT2D eigenvalue weighted by Gasteiger charge is 2.18. The van der Waals surface area contributed by atoms with Gasteiger partial charge in [0, 0.05) is 24.1 Å². The molecule has 1 unspecified atom stereocenters. The normalized spacial score (nSPS) is 16.1. The van der Waals surface area contributed by atoms with Gasteiger partial charge < -0.3 is 18.6 Å². The van der Waals surface area contributed by atoms with Crippen molar-refractivity contribution in [2.45, 2.75) is 32.5 Å². The molecule has 1 atom stereocenters. The SMILES string of the molecule is Cc1cc(=O)oc2cc(OCc3ccc(C(=O)OCC4CCCO4)cc3)ccc12. The van der Waals surface area contributed by atoms with E-state index in [1.165, 1.54) is 6.07 Å². The van der Waals surface area contributed by atoms with Gasteiger partial charge in [0.05, 0.1) is 11.7 Å². The highest BCUT2D eigenvalue weighted by Crippen LogP contribution is 2.23. The summed E-state index contributed by atoms with van der Waals surface area (Å²) in [7, 11) is 0. The molecule has 6 heteroatoms. The van der Waals surface area contributed by atoms with Gasteiger partial charge in [-0.2, -0.15) is 0 Å². The molecule has 29 heavy (non-hydrogen) atoms. The Morgan fingerprint density at radius 1 is 1.14 bits per heavy atom.